The summed E-state index contributed by atoms with van der Waals surface area (Å²) in [6, 6.07) is 15.7. The topological polar surface area (TPSA) is 61.4 Å². The third-order valence-corrected chi connectivity index (χ3v) is 5.94. The van der Waals surface area contributed by atoms with Crippen molar-refractivity contribution < 1.29 is 9.59 Å². The number of benzene rings is 2. The van der Waals surface area contributed by atoms with Crippen molar-refractivity contribution >= 4 is 33.4 Å². The van der Waals surface area contributed by atoms with Crippen LogP contribution in [0.15, 0.2) is 53.0 Å². The Balaban J connectivity index is 1.67. The Kier molecular flexibility index (Phi) is 7.09. The van der Waals surface area contributed by atoms with E-state index in [9.17, 15) is 9.59 Å². The first kappa shape index (κ1) is 21.5. The Morgan fingerprint density at radius 3 is 2.41 bits per heavy atom. The Morgan fingerprint density at radius 1 is 1.07 bits per heavy atom. The van der Waals surface area contributed by atoms with E-state index in [1.54, 1.807) is 0 Å². The molecule has 0 saturated heterocycles. The fourth-order valence-electron chi connectivity index (χ4n) is 3.99. The highest BCUT2D eigenvalue weighted by Gasteiger charge is 2.42. The lowest BCUT2D eigenvalue weighted by molar-refractivity contribution is -0.126. The van der Waals surface area contributed by atoms with Gasteiger partial charge in [-0.05, 0) is 62.3 Å². The second kappa shape index (κ2) is 9.55. The summed E-state index contributed by atoms with van der Waals surface area (Å²) in [4.78, 5) is 27.0. The number of anilines is 1. The van der Waals surface area contributed by atoms with Crippen molar-refractivity contribution in [1.82, 2.24) is 10.2 Å². The molecule has 0 radical (unpaired) electrons. The van der Waals surface area contributed by atoms with Gasteiger partial charge in [-0.25, -0.2) is 0 Å². The Morgan fingerprint density at radius 2 is 1.76 bits per heavy atom. The molecule has 1 aliphatic carbocycles. The highest BCUT2D eigenvalue weighted by Crippen LogP contribution is 2.41. The van der Waals surface area contributed by atoms with E-state index in [2.05, 4.69) is 38.7 Å². The van der Waals surface area contributed by atoms with Gasteiger partial charge in [0.15, 0.2) is 0 Å². The summed E-state index contributed by atoms with van der Waals surface area (Å²) in [5.74, 6) is 0.0238. The summed E-state index contributed by atoms with van der Waals surface area (Å²) in [5, 5.41) is 6.03. The molecular weight excluding hydrogens is 430 g/mol. The minimum atomic E-state index is -0.446. The molecule has 3 rings (SSSR count). The molecule has 0 unspecified atom stereocenters. The summed E-state index contributed by atoms with van der Waals surface area (Å²) in [7, 11) is 3.71. The molecule has 2 amide bonds. The molecule has 5 nitrogen and oxygen atoms in total. The largest absolute Gasteiger partial charge is 0.351 e. The normalized spacial score (nSPS) is 15.3. The maximum Gasteiger partial charge on any atom is 0.238 e. The van der Waals surface area contributed by atoms with Crippen LogP contribution in [0.5, 0.6) is 0 Å². The summed E-state index contributed by atoms with van der Waals surface area (Å²) in [6.45, 7) is 0.769. The predicted molar refractivity (Wildman–Crippen MR) is 120 cm³/mol. The molecule has 1 fully saturated rings. The molecule has 0 aromatic heterocycles. The third kappa shape index (κ3) is 5.46. The molecule has 0 atom stereocenters. The lowest BCUT2D eigenvalue weighted by Crippen LogP contribution is -2.42. The first-order valence-electron chi connectivity index (χ1n) is 9.97. The van der Waals surface area contributed by atoms with Crippen LogP contribution in [0.4, 0.5) is 5.69 Å². The standard InChI is InChI=1S/C23H28BrN3O2/c1-27(2)16-21(28)26-20-7-5-6-17(14-20)15-25-22(29)23(12-3-4-13-23)18-8-10-19(24)11-9-18/h5-11,14H,3-4,12-13,15-16H2,1-2H3,(H,25,29)(H,26,28). The summed E-state index contributed by atoms with van der Waals surface area (Å²) in [5.41, 5.74) is 2.34. The van der Waals surface area contributed by atoms with E-state index in [-0.39, 0.29) is 11.8 Å². The van der Waals surface area contributed by atoms with Crippen molar-refractivity contribution in [2.75, 3.05) is 26.0 Å². The van der Waals surface area contributed by atoms with Crippen molar-refractivity contribution in [3.63, 3.8) is 0 Å². The van der Waals surface area contributed by atoms with Crippen molar-refractivity contribution in [2.24, 2.45) is 0 Å². The van der Waals surface area contributed by atoms with Crippen LogP contribution in [0.1, 0.15) is 36.8 Å². The zero-order valence-corrected chi connectivity index (χ0v) is 18.6. The first-order valence-corrected chi connectivity index (χ1v) is 10.8. The van der Waals surface area contributed by atoms with E-state index < -0.39 is 5.41 Å². The summed E-state index contributed by atoms with van der Waals surface area (Å²) >= 11 is 3.47. The molecule has 1 saturated carbocycles. The third-order valence-electron chi connectivity index (χ3n) is 5.41. The van der Waals surface area contributed by atoms with Crippen molar-refractivity contribution in [1.29, 1.82) is 0 Å². The van der Waals surface area contributed by atoms with Crippen molar-refractivity contribution in [3.8, 4) is 0 Å². The molecule has 0 heterocycles. The second-order valence-corrected chi connectivity index (χ2v) is 8.88. The van der Waals surface area contributed by atoms with Gasteiger partial charge >= 0.3 is 0 Å². The molecule has 2 aromatic carbocycles. The predicted octanol–water partition coefficient (Wildman–Crippen LogP) is 4.08. The van der Waals surface area contributed by atoms with Crippen LogP contribution in [0.3, 0.4) is 0 Å². The molecule has 0 bridgehead atoms. The zero-order valence-electron chi connectivity index (χ0n) is 17.0. The van der Waals surface area contributed by atoms with E-state index in [1.807, 2.05) is 55.4 Å². The van der Waals surface area contributed by atoms with E-state index in [4.69, 9.17) is 0 Å². The molecule has 0 spiro atoms. The van der Waals surface area contributed by atoms with Crippen LogP contribution in [-0.4, -0.2) is 37.4 Å². The van der Waals surface area contributed by atoms with Crippen LogP contribution in [0.2, 0.25) is 0 Å². The number of amides is 2. The van der Waals surface area contributed by atoms with Crippen molar-refractivity contribution in [2.45, 2.75) is 37.6 Å². The zero-order chi connectivity index (χ0) is 20.9. The first-order chi connectivity index (χ1) is 13.9. The second-order valence-electron chi connectivity index (χ2n) is 7.97. The average molecular weight is 458 g/mol. The van der Waals surface area contributed by atoms with Gasteiger partial charge in [0.05, 0.1) is 12.0 Å². The van der Waals surface area contributed by atoms with Gasteiger partial charge in [-0.1, -0.05) is 53.0 Å². The molecule has 1 aliphatic rings. The van der Waals surface area contributed by atoms with Gasteiger partial charge in [-0.15, -0.1) is 0 Å². The number of nitrogens with one attached hydrogen (secondary N) is 2. The highest BCUT2D eigenvalue weighted by atomic mass is 79.9. The molecule has 2 N–H and O–H groups in total. The Hall–Kier alpha value is -2.18. The van der Waals surface area contributed by atoms with E-state index in [0.29, 0.717) is 13.1 Å². The Labute approximate surface area is 181 Å². The highest BCUT2D eigenvalue weighted by molar-refractivity contribution is 9.10. The molecule has 0 aliphatic heterocycles. The fourth-order valence-corrected chi connectivity index (χ4v) is 4.26. The molecule has 29 heavy (non-hydrogen) atoms. The summed E-state index contributed by atoms with van der Waals surface area (Å²) < 4.78 is 1.02. The van der Waals surface area contributed by atoms with Crippen LogP contribution >= 0.6 is 15.9 Å². The molecule has 6 heteroatoms. The number of nitrogens with zero attached hydrogens (tertiary/aromatic N) is 1. The monoisotopic (exact) mass is 457 g/mol. The van der Waals surface area contributed by atoms with Gasteiger partial charge in [-0.2, -0.15) is 0 Å². The quantitative estimate of drug-likeness (QED) is 0.658. The maximum atomic E-state index is 13.2. The number of carbonyl (C=O) groups is 2. The fraction of sp³-hybridized carbons (Fsp3) is 0.391. The smallest absolute Gasteiger partial charge is 0.238 e. The minimum absolute atomic E-state index is 0.0590. The number of hydrogen-bond donors (Lipinski definition) is 2. The van der Waals surface area contributed by atoms with Gasteiger partial charge in [0.25, 0.3) is 0 Å². The SMILES string of the molecule is CN(C)CC(=O)Nc1cccc(CNC(=O)C2(c3ccc(Br)cc3)CCCC2)c1. The lowest BCUT2D eigenvalue weighted by Gasteiger charge is -2.28. The number of rotatable bonds is 7. The molecule has 154 valence electrons. The van der Waals surface area contributed by atoms with Gasteiger partial charge < -0.3 is 15.5 Å². The van der Waals surface area contributed by atoms with E-state index >= 15 is 0 Å². The van der Waals surface area contributed by atoms with E-state index in [1.165, 1.54) is 0 Å². The van der Waals surface area contributed by atoms with Crippen LogP contribution in [-0.2, 0) is 21.5 Å². The number of halogens is 1. The molecular formula is C23H28BrN3O2. The van der Waals surface area contributed by atoms with Gasteiger partial charge in [0, 0.05) is 16.7 Å². The summed E-state index contributed by atoms with van der Waals surface area (Å²) in [6.07, 6.45) is 3.88. The Bertz CT molecular complexity index is 859. The average Bonchev–Trinajstić information content (AvgIpc) is 3.17. The van der Waals surface area contributed by atoms with Gasteiger partial charge in [0.2, 0.25) is 11.8 Å². The number of hydrogen-bond acceptors (Lipinski definition) is 3. The maximum absolute atomic E-state index is 13.2. The molecule has 2 aromatic rings. The van der Waals surface area contributed by atoms with E-state index in [0.717, 1.165) is 47.0 Å². The number of carbonyl (C=O) groups excluding carboxylic acids is 2. The lowest BCUT2D eigenvalue weighted by atomic mass is 9.78. The number of likely N-dealkylation sites (N-methyl/N-ethyl adjacent to an activating group) is 1. The van der Waals surface area contributed by atoms with Crippen molar-refractivity contribution in [3.05, 3.63) is 64.1 Å². The van der Waals surface area contributed by atoms with Crippen LogP contribution < -0.4 is 10.6 Å². The minimum Gasteiger partial charge on any atom is -0.351 e. The van der Waals surface area contributed by atoms with Gasteiger partial charge in [0.1, 0.15) is 0 Å². The van der Waals surface area contributed by atoms with Crippen LogP contribution in [0, 0.1) is 0 Å². The van der Waals surface area contributed by atoms with Gasteiger partial charge in [-0.3, -0.25) is 9.59 Å². The van der Waals surface area contributed by atoms with Crippen LogP contribution in [0.25, 0.3) is 0 Å².